The molecule has 0 radical (unpaired) electrons. The summed E-state index contributed by atoms with van der Waals surface area (Å²) in [7, 11) is 0. The van der Waals surface area contributed by atoms with E-state index in [9.17, 15) is 4.79 Å². The molecule has 3 heteroatoms. The number of hydrogen-bond donors (Lipinski definition) is 2. The van der Waals surface area contributed by atoms with E-state index in [0.717, 1.165) is 29.7 Å². The summed E-state index contributed by atoms with van der Waals surface area (Å²) in [6.07, 6.45) is 2.29. The summed E-state index contributed by atoms with van der Waals surface area (Å²) in [5.74, 6) is 0.149. The summed E-state index contributed by atoms with van der Waals surface area (Å²) in [5.41, 5.74) is 14.6. The number of amides is 1. The van der Waals surface area contributed by atoms with E-state index in [1.54, 1.807) is 12.1 Å². The molecule has 0 heterocycles. The van der Waals surface area contributed by atoms with Crippen molar-refractivity contribution in [2.45, 2.75) is 25.7 Å². The van der Waals surface area contributed by atoms with Crippen LogP contribution in [0.1, 0.15) is 40.2 Å². The maximum Gasteiger partial charge on any atom is 0.248 e. The van der Waals surface area contributed by atoms with Gasteiger partial charge in [-0.25, -0.2) is 0 Å². The number of carbonyl (C=O) groups is 1. The van der Waals surface area contributed by atoms with Gasteiger partial charge in [-0.05, 0) is 48.9 Å². The first-order chi connectivity index (χ1) is 6.61. The number of primary amides is 1. The molecule has 0 bridgehead atoms. The first-order valence-electron chi connectivity index (χ1n) is 4.80. The third-order valence-electron chi connectivity index (χ3n) is 2.81. The average molecular weight is 190 g/mol. The molecule has 3 nitrogen and oxygen atoms in total. The fraction of sp³-hybridized carbons (Fsp3) is 0.364. The second-order valence-corrected chi connectivity index (χ2v) is 3.88. The Bertz CT molecular complexity index is 395. The summed E-state index contributed by atoms with van der Waals surface area (Å²) in [6.45, 7) is 1.95. The highest BCUT2D eigenvalue weighted by atomic mass is 16.1. The number of rotatable bonds is 2. The second kappa shape index (κ2) is 3.01. The van der Waals surface area contributed by atoms with Crippen LogP contribution in [0.15, 0.2) is 12.1 Å². The Morgan fingerprint density at radius 1 is 1.43 bits per heavy atom. The van der Waals surface area contributed by atoms with Gasteiger partial charge in [-0.2, -0.15) is 0 Å². The number of hydrogen-bond acceptors (Lipinski definition) is 2. The van der Waals surface area contributed by atoms with Crippen LogP contribution in [0, 0.1) is 6.92 Å². The molecule has 1 aromatic carbocycles. The lowest BCUT2D eigenvalue weighted by Crippen LogP contribution is -2.15. The fourth-order valence-corrected chi connectivity index (χ4v) is 1.86. The molecule has 0 aliphatic heterocycles. The standard InChI is InChI=1S/C11H14N2O/c1-6-9(12)5-4-8(11(13)14)10(6)7-2-3-7/h4-5,7H,2-3,12H2,1H3,(H2,13,14). The molecule has 1 aliphatic rings. The van der Waals surface area contributed by atoms with E-state index in [1.807, 2.05) is 6.92 Å². The Morgan fingerprint density at radius 2 is 2.07 bits per heavy atom. The Hall–Kier alpha value is -1.51. The monoisotopic (exact) mass is 190 g/mol. The van der Waals surface area contributed by atoms with Crippen molar-refractivity contribution in [3.8, 4) is 0 Å². The molecule has 1 saturated carbocycles. The third kappa shape index (κ3) is 1.35. The summed E-state index contributed by atoms with van der Waals surface area (Å²) < 4.78 is 0. The predicted molar refractivity (Wildman–Crippen MR) is 56.1 cm³/mol. The normalized spacial score (nSPS) is 15.5. The molecule has 0 unspecified atom stereocenters. The van der Waals surface area contributed by atoms with Crippen LogP contribution < -0.4 is 11.5 Å². The van der Waals surface area contributed by atoms with Crippen LogP contribution in [0.4, 0.5) is 5.69 Å². The van der Waals surface area contributed by atoms with Gasteiger partial charge in [-0.1, -0.05) is 0 Å². The molecule has 0 saturated heterocycles. The summed E-state index contributed by atoms with van der Waals surface area (Å²) in [5, 5.41) is 0. The third-order valence-corrected chi connectivity index (χ3v) is 2.81. The van der Waals surface area contributed by atoms with E-state index < -0.39 is 0 Å². The average Bonchev–Trinajstić information content (AvgIpc) is 2.92. The molecule has 1 fully saturated rings. The van der Waals surface area contributed by atoms with Crippen LogP contribution in [0.25, 0.3) is 0 Å². The van der Waals surface area contributed by atoms with Gasteiger partial charge in [0.1, 0.15) is 0 Å². The van der Waals surface area contributed by atoms with Gasteiger partial charge in [0.05, 0.1) is 0 Å². The molecular weight excluding hydrogens is 176 g/mol. The van der Waals surface area contributed by atoms with E-state index in [4.69, 9.17) is 11.5 Å². The van der Waals surface area contributed by atoms with Crippen LogP contribution in [-0.2, 0) is 0 Å². The van der Waals surface area contributed by atoms with Gasteiger partial charge in [0.25, 0.3) is 0 Å². The van der Waals surface area contributed by atoms with Crippen molar-refractivity contribution in [3.63, 3.8) is 0 Å². The lowest BCUT2D eigenvalue weighted by molar-refractivity contribution is 0.0999. The van der Waals surface area contributed by atoms with Crippen LogP contribution in [0.3, 0.4) is 0 Å². The molecule has 14 heavy (non-hydrogen) atoms. The van der Waals surface area contributed by atoms with Crippen LogP contribution in [0.2, 0.25) is 0 Å². The first-order valence-corrected chi connectivity index (χ1v) is 4.80. The van der Waals surface area contributed by atoms with E-state index in [-0.39, 0.29) is 5.91 Å². The molecule has 0 aromatic heterocycles. The topological polar surface area (TPSA) is 69.1 Å². The number of benzene rings is 1. The molecule has 1 aromatic rings. The van der Waals surface area contributed by atoms with Crippen molar-refractivity contribution >= 4 is 11.6 Å². The molecular formula is C11H14N2O. The Morgan fingerprint density at radius 3 is 2.57 bits per heavy atom. The minimum absolute atomic E-state index is 0.352. The molecule has 1 amide bonds. The van der Waals surface area contributed by atoms with Gasteiger partial charge in [0.15, 0.2) is 0 Å². The fourth-order valence-electron chi connectivity index (χ4n) is 1.86. The van der Waals surface area contributed by atoms with Crippen molar-refractivity contribution in [3.05, 3.63) is 28.8 Å². The maximum absolute atomic E-state index is 11.2. The minimum Gasteiger partial charge on any atom is -0.399 e. The van der Waals surface area contributed by atoms with Gasteiger partial charge in [0.2, 0.25) is 5.91 Å². The van der Waals surface area contributed by atoms with E-state index in [0.29, 0.717) is 11.5 Å². The second-order valence-electron chi connectivity index (χ2n) is 3.88. The van der Waals surface area contributed by atoms with Crippen LogP contribution in [-0.4, -0.2) is 5.91 Å². The SMILES string of the molecule is Cc1c(N)ccc(C(N)=O)c1C1CC1. The molecule has 0 atom stereocenters. The maximum atomic E-state index is 11.2. The van der Waals surface area contributed by atoms with Crippen LogP contribution in [0.5, 0.6) is 0 Å². The van der Waals surface area contributed by atoms with Crippen molar-refractivity contribution in [1.29, 1.82) is 0 Å². The van der Waals surface area contributed by atoms with Crippen LogP contribution >= 0.6 is 0 Å². The molecule has 2 rings (SSSR count). The zero-order chi connectivity index (χ0) is 10.3. The summed E-state index contributed by atoms with van der Waals surface area (Å²) in [6, 6.07) is 3.49. The van der Waals surface area contributed by atoms with E-state index >= 15 is 0 Å². The largest absolute Gasteiger partial charge is 0.399 e. The minimum atomic E-state index is -0.352. The highest BCUT2D eigenvalue weighted by molar-refractivity contribution is 5.95. The number of nitrogens with two attached hydrogens (primary N) is 2. The van der Waals surface area contributed by atoms with Gasteiger partial charge < -0.3 is 11.5 Å². The number of carbonyl (C=O) groups excluding carboxylic acids is 1. The molecule has 1 aliphatic carbocycles. The first kappa shape index (κ1) is 9.06. The molecule has 74 valence electrons. The van der Waals surface area contributed by atoms with Crippen molar-refractivity contribution in [2.75, 3.05) is 5.73 Å². The van der Waals surface area contributed by atoms with E-state index in [2.05, 4.69) is 0 Å². The summed E-state index contributed by atoms with van der Waals surface area (Å²) in [4.78, 5) is 11.2. The van der Waals surface area contributed by atoms with Gasteiger partial charge >= 0.3 is 0 Å². The highest BCUT2D eigenvalue weighted by Gasteiger charge is 2.29. The molecule has 0 spiro atoms. The zero-order valence-corrected chi connectivity index (χ0v) is 8.21. The number of anilines is 1. The highest BCUT2D eigenvalue weighted by Crippen LogP contribution is 2.44. The molecule has 4 N–H and O–H groups in total. The summed E-state index contributed by atoms with van der Waals surface area (Å²) >= 11 is 0. The Kier molecular flexibility index (Phi) is 1.95. The zero-order valence-electron chi connectivity index (χ0n) is 8.21. The van der Waals surface area contributed by atoms with Crippen molar-refractivity contribution < 1.29 is 4.79 Å². The van der Waals surface area contributed by atoms with E-state index in [1.165, 1.54) is 0 Å². The predicted octanol–water partition coefficient (Wildman–Crippen LogP) is 1.55. The lowest BCUT2D eigenvalue weighted by Gasteiger charge is -2.11. The van der Waals surface area contributed by atoms with Crippen molar-refractivity contribution in [1.82, 2.24) is 0 Å². The Labute approximate surface area is 83.1 Å². The van der Waals surface area contributed by atoms with Gasteiger partial charge in [-0.3, -0.25) is 4.79 Å². The van der Waals surface area contributed by atoms with Gasteiger partial charge in [-0.15, -0.1) is 0 Å². The lowest BCUT2D eigenvalue weighted by atomic mass is 9.96. The van der Waals surface area contributed by atoms with Crippen molar-refractivity contribution in [2.24, 2.45) is 5.73 Å². The Balaban J connectivity index is 2.59. The quantitative estimate of drug-likeness (QED) is 0.695. The smallest absolute Gasteiger partial charge is 0.248 e. The van der Waals surface area contributed by atoms with Gasteiger partial charge in [0, 0.05) is 11.3 Å². The number of nitrogen functional groups attached to an aromatic ring is 1.